The van der Waals surface area contributed by atoms with Crippen LogP contribution >= 0.6 is 11.6 Å². The summed E-state index contributed by atoms with van der Waals surface area (Å²) in [6.45, 7) is 1.12. The lowest BCUT2D eigenvalue weighted by molar-refractivity contribution is -0.185. The second-order valence-corrected chi connectivity index (χ2v) is 6.71. The van der Waals surface area contributed by atoms with Crippen molar-refractivity contribution in [3.8, 4) is 0 Å². The molecule has 4 nitrogen and oxygen atoms in total. The second-order valence-electron chi connectivity index (χ2n) is 6.28. The predicted molar refractivity (Wildman–Crippen MR) is 84.9 cm³/mol. The largest absolute Gasteiger partial charge is 0.383 e. The van der Waals surface area contributed by atoms with Crippen LogP contribution in [0.5, 0.6) is 0 Å². The first-order valence-corrected chi connectivity index (χ1v) is 7.90. The molecule has 1 fully saturated rings. The molecule has 0 saturated carbocycles. The lowest BCUT2D eigenvalue weighted by Gasteiger charge is -2.36. The van der Waals surface area contributed by atoms with E-state index in [1.807, 2.05) is 10.6 Å². The average Bonchev–Trinajstić information content (AvgIpc) is 2.87. The van der Waals surface area contributed by atoms with E-state index in [2.05, 4.69) is 11.1 Å². The summed E-state index contributed by atoms with van der Waals surface area (Å²) in [5.41, 5.74) is 0.0209. The van der Waals surface area contributed by atoms with Crippen molar-refractivity contribution in [2.45, 2.75) is 24.5 Å². The Bertz CT molecular complexity index is 853. The molecule has 1 aliphatic carbocycles. The third-order valence-electron chi connectivity index (χ3n) is 4.35. The summed E-state index contributed by atoms with van der Waals surface area (Å²) >= 11 is 5.96. The van der Waals surface area contributed by atoms with Crippen LogP contribution in [-0.2, 0) is 11.3 Å². The van der Waals surface area contributed by atoms with E-state index >= 15 is 0 Å². The van der Waals surface area contributed by atoms with Gasteiger partial charge in [0.15, 0.2) is 0 Å². The van der Waals surface area contributed by atoms with Gasteiger partial charge in [-0.2, -0.15) is 0 Å². The highest BCUT2D eigenvalue weighted by Gasteiger charge is 2.36. The van der Waals surface area contributed by atoms with Crippen molar-refractivity contribution in [1.29, 1.82) is 0 Å². The van der Waals surface area contributed by atoms with E-state index in [0.717, 1.165) is 22.7 Å². The Morgan fingerprint density at radius 3 is 2.91 bits per heavy atom. The minimum Gasteiger partial charge on any atom is -0.383 e. The Labute approximate surface area is 137 Å². The number of rotatable bonds is 3. The molecule has 0 bridgehead atoms. The Morgan fingerprint density at radius 1 is 1.39 bits per heavy atom. The van der Waals surface area contributed by atoms with Gasteiger partial charge < -0.3 is 14.4 Å². The minimum absolute atomic E-state index is 0.0402. The highest BCUT2D eigenvalue weighted by atomic mass is 35.5. The molecule has 2 aromatic rings. The van der Waals surface area contributed by atoms with Gasteiger partial charge in [0.1, 0.15) is 11.4 Å². The third kappa shape index (κ3) is 2.80. The fourth-order valence-corrected chi connectivity index (χ4v) is 3.37. The maximum atomic E-state index is 13.6. The van der Waals surface area contributed by atoms with E-state index in [0.29, 0.717) is 24.8 Å². The van der Waals surface area contributed by atoms with Gasteiger partial charge in [-0.3, -0.25) is 0 Å². The van der Waals surface area contributed by atoms with Crippen LogP contribution in [0.4, 0.5) is 4.39 Å². The second kappa shape index (κ2) is 5.44. The first kappa shape index (κ1) is 14.9. The standard InChI is InChI=1S/C17H16ClFN2O2/c18-13-3-12(4-14(19)6-13)11-1-2-15-16(5-11)21(10-20-15)7-17(22)8-23-9-17/h2-6,10-11,22H,1,7-9H2. The number of halogens is 2. The zero-order chi connectivity index (χ0) is 16.0. The van der Waals surface area contributed by atoms with Crippen LogP contribution in [0.2, 0.25) is 5.02 Å². The number of nitrogens with zero attached hydrogens (tertiary/aromatic N) is 2. The highest BCUT2D eigenvalue weighted by Crippen LogP contribution is 2.27. The van der Waals surface area contributed by atoms with Crippen LogP contribution in [-0.4, -0.2) is 33.5 Å². The van der Waals surface area contributed by atoms with Crippen LogP contribution in [0, 0.1) is 5.82 Å². The fourth-order valence-electron chi connectivity index (χ4n) is 3.14. The van der Waals surface area contributed by atoms with Crippen molar-refractivity contribution in [1.82, 2.24) is 9.55 Å². The van der Waals surface area contributed by atoms with Gasteiger partial charge in [-0.15, -0.1) is 0 Å². The van der Waals surface area contributed by atoms with Gasteiger partial charge in [-0.1, -0.05) is 23.8 Å². The molecule has 0 spiro atoms. The first-order chi connectivity index (χ1) is 11.0. The SMILES string of the molecule is OC1(Cn2cnc3c2=CC(c2cc(F)cc(Cl)c2)CC=3)COC1. The topological polar surface area (TPSA) is 47.3 Å². The van der Waals surface area contributed by atoms with Gasteiger partial charge >= 0.3 is 0 Å². The van der Waals surface area contributed by atoms with Gasteiger partial charge in [0.25, 0.3) is 0 Å². The molecule has 120 valence electrons. The third-order valence-corrected chi connectivity index (χ3v) is 4.57. The van der Waals surface area contributed by atoms with Crippen LogP contribution in [0.1, 0.15) is 17.9 Å². The van der Waals surface area contributed by atoms with E-state index in [-0.39, 0.29) is 11.7 Å². The zero-order valence-corrected chi connectivity index (χ0v) is 13.1. The number of fused-ring (bicyclic) bond motifs is 1. The summed E-state index contributed by atoms with van der Waals surface area (Å²) in [5.74, 6) is -0.292. The van der Waals surface area contributed by atoms with E-state index in [1.165, 1.54) is 12.1 Å². The molecule has 0 radical (unpaired) electrons. The summed E-state index contributed by atoms with van der Waals surface area (Å²) in [6, 6.07) is 4.61. The maximum absolute atomic E-state index is 13.6. The Hall–Kier alpha value is -1.69. The molecule has 4 rings (SSSR count). The lowest BCUT2D eigenvalue weighted by atomic mass is 9.92. The normalized spacial score (nSPS) is 21.8. The van der Waals surface area contributed by atoms with Crippen LogP contribution in [0.15, 0.2) is 24.5 Å². The van der Waals surface area contributed by atoms with Gasteiger partial charge in [-0.25, -0.2) is 9.37 Å². The smallest absolute Gasteiger partial charge is 0.129 e. The number of aromatic nitrogens is 2. The van der Waals surface area contributed by atoms with Gasteiger partial charge in [0.2, 0.25) is 0 Å². The number of ether oxygens (including phenoxy) is 1. The summed E-state index contributed by atoms with van der Waals surface area (Å²) in [7, 11) is 0. The van der Waals surface area contributed by atoms with Gasteiger partial charge in [0.05, 0.1) is 36.8 Å². The van der Waals surface area contributed by atoms with E-state index in [9.17, 15) is 9.50 Å². The number of aliphatic hydroxyl groups is 1. The van der Waals surface area contributed by atoms with E-state index in [1.54, 1.807) is 12.4 Å². The minimum atomic E-state index is -0.822. The molecule has 0 amide bonds. The number of hydrogen-bond donors (Lipinski definition) is 1. The van der Waals surface area contributed by atoms with Crippen molar-refractivity contribution < 1.29 is 14.2 Å². The Morgan fingerprint density at radius 2 is 2.22 bits per heavy atom. The van der Waals surface area contributed by atoms with Crippen molar-refractivity contribution >= 4 is 23.8 Å². The monoisotopic (exact) mass is 334 g/mol. The molecular formula is C17H16ClFN2O2. The van der Waals surface area contributed by atoms with E-state index in [4.69, 9.17) is 16.3 Å². The zero-order valence-electron chi connectivity index (χ0n) is 12.4. The summed E-state index contributed by atoms with van der Waals surface area (Å²) in [6.07, 6.45) is 6.58. The van der Waals surface area contributed by atoms with Gasteiger partial charge in [0, 0.05) is 10.9 Å². The average molecular weight is 335 g/mol. The summed E-state index contributed by atoms with van der Waals surface area (Å²) in [4.78, 5) is 4.39. The Kier molecular flexibility index (Phi) is 3.52. The lowest BCUT2D eigenvalue weighted by Crippen LogP contribution is -2.54. The molecule has 1 unspecified atom stereocenters. The highest BCUT2D eigenvalue weighted by molar-refractivity contribution is 6.30. The molecule has 2 aliphatic rings. The van der Waals surface area contributed by atoms with Crippen LogP contribution < -0.4 is 10.7 Å². The van der Waals surface area contributed by atoms with Crippen LogP contribution in [0.25, 0.3) is 12.2 Å². The van der Waals surface area contributed by atoms with Crippen molar-refractivity contribution in [3.63, 3.8) is 0 Å². The molecule has 23 heavy (non-hydrogen) atoms. The maximum Gasteiger partial charge on any atom is 0.129 e. The molecule has 2 heterocycles. The molecule has 1 saturated heterocycles. The van der Waals surface area contributed by atoms with Crippen molar-refractivity contribution in [2.24, 2.45) is 0 Å². The molecule has 1 aromatic carbocycles. The number of hydrogen-bond acceptors (Lipinski definition) is 3. The molecule has 1 N–H and O–H groups in total. The van der Waals surface area contributed by atoms with Gasteiger partial charge in [-0.05, 0) is 30.2 Å². The number of imidazole rings is 1. The summed E-state index contributed by atoms with van der Waals surface area (Å²) < 4.78 is 20.6. The van der Waals surface area contributed by atoms with Crippen molar-refractivity contribution in [3.05, 3.63) is 51.6 Å². The summed E-state index contributed by atoms with van der Waals surface area (Å²) in [5, 5.41) is 12.5. The molecule has 6 heteroatoms. The van der Waals surface area contributed by atoms with Crippen molar-refractivity contribution in [2.75, 3.05) is 13.2 Å². The molecule has 1 atom stereocenters. The van der Waals surface area contributed by atoms with E-state index < -0.39 is 5.60 Å². The molecular weight excluding hydrogens is 319 g/mol. The molecule has 1 aliphatic heterocycles. The van der Waals surface area contributed by atoms with Crippen LogP contribution in [0.3, 0.4) is 0 Å². The first-order valence-electron chi connectivity index (χ1n) is 7.52. The Balaban J connectivity index is 1.71. The molecule has 1 aromatic heterocycles. The predicted octanol–water partition coefficient (Wildman–Crippen LogP) is 1.19. The number of benzene rings is 1. The quantitative estimate of drug-likeness (QED) is 0.917. The fraction of sp³-hybridized carbons (Fsp3) is 0.353.